The van der Waals surface area contributed by atoms with Gasteiger partial charge in [0, 0.05) is 32.8 Å². The number of aliphatic imine (C=N–C) groups is 1. The van der Waals surface area contributed by atoms with Gasteiger partial charge in [-0.1, -0.05) is 29.8 Å². The molecular formula is C22H23ClN4OS. The molecule has 5 N–H and O–H groups in total. The van der Waals surface area contributed by atoms with Crippen LogP contribution in [0, 0.1) is 0 Å². The largest absolute Gasteiger partial charge is 0.387 e. The molecule has 1 aromatic carbocycles. The van der Waals surface area contributed by atoms with E-state index < -0.39 is 11.6 Å². The average molecular weight is 427 g/mol. The zero-order valence-corrected chi connectivity index (χ0v) is 17.9. The molecule has 0 amide bonds. The SMILES string of the molecule is CC(C)(O)c1ccnc(-c2cccc3cc(C(N)C4=C(Cl)CCC(N)=N4)sc23)c1. The normalized spacial score (nSPS) is 16.2. The van der Waals surface area contributed by atoms with E-state index in [1.807, 2.05) is 24.3 Å². The molecule has 0 fully saturated rings. The number of nitrogens with zero attached hydrogens (tertiary/aromatic N) is 2. The minimum Gasteiger partial charge on any atom is -0.387 e. The highest BCUT2D eigenvalue weighted by Crippen LogP contribution is 2.40. The number of hydrogen-bond acceptors (Lipinski definition) is 6. The van der Waals surface area contributed by atoms with Gasteiger partial charge in [-0.3, -0.25) is 4.98 Å². The Hall–Kier alpha value is -2.25. The van der Waals surface area contributed by atoms with Gasteiger partial charge in [0.2, 0.25) is 0 Å². The molecule has 1 aliphatic heterocycles. The highest BCUT2D eigenvalue weighted by Gasteiger charge is 2.23. The van der Waals surface area contributed by atoms with Gasteiger partial charge in [0.1, 0.15) is 0 Å². The Bertz CT molecular complexity index is 1140. The number of halogens is 1. The third-order valence-corrected chi connectivity index (χ3v) is 6.70. The lowest BCUT2D eigenvalue weighted by Gasteiger charge is -2.18. The number of hydrogen-bond donors (Lipinski definition) is 3. The quantitative estimate of drug-likeness (QED) is 0.558. The van der Waals surface area contributed by atoms with Crippen LogP contribution in [0.15, 0.2) is 58.3 Å². The van der Waals surface area contributed by atoms with E-state index in [-0.39, 0.29) is 0 Å². The Kier molecular flexibility index (Phi) is 5.21. The fourth-order valence-electron chi connectivity index (χ4n) is 3.41. The average Bonchev–Trinajstić information content (AvgIpc) is 3.13. The topological polar surface area (TPSA) is 97.5 Å². The van der Waals surface area contributed by atoms with Crippen LogP contribution in [-0.4, -0.2) is 15.9 Å². The lowest BCUT2D eigenvalue weighted by molar-refractivity contribution is 0.0785. The van der Waals surface area contributed by atoms with Crippen LogP contribution in [0.1, 0.15) is 43.2 Å². The smallest absolute Gasteiger partial charge is 0.0997 e. The summed E-state index contributed by atoms with van der Waals surface area (Å²) in [6, 6.07) is 11.5. The van der Waals surface area contributed by atoms with Gasteiger partial charge >= 0.3 is 0 Å². The molecule has 4 rings (SSSR count). The van der Waals surface area contributed by atoms with E-state index in [0.717, 1.165) is 31.8 Å². The summed E-state index contributed by atoms with van der Waals surface area (Å²) in [5, 5.41) is 12.1. The van der Waals surface area contributed by atoms with E-state index in [0.29, 0.717) is 29.4 Å². The van der Waals surface area contributed by atoms with Crippen LogP contribution in [0.4, 0.5) is 0 Å². The van der Waals surface area contributed by atoms with Crippen LogP contribution in [0.2, 0.25) is 0 Å². The first kappa shape index (κ1) is 20.0. The van der Waals surface area contributed by atoms with Crippen LogP contribution < -0.4 is 11.5 Å². The molecule has 0 saturated carbocycles. The second kappa shape index (κ2) is 7.54. The molecule has 1 atom stereocenters. The molecule has 3 heterocycles. The molecule has 5 nitrogen and oxygen atoms in total. The molecule has 150 valence electrons. The lowest BCUT2D eigenvalue weighted by atomic mass is 9.97. The summed E-state index contributed by atoms with van der Waals surface area (Å²) < 4.78 is 1.09. The van der Waals surface area contributed by atoms with Crippen molar-refractivity contribution >= 4 is 38.9 Å². The Morgan fingerprint density at radius 2 is 2.00 bits per heavy atom. The van der Waals surface area contributed by atoms with Crippen molar-refractivity contribution in [2.45, 2.75) is 38.3 Å². The van der Waals surface area contributed by atoms with Crippen LogP contribution in [0.25, 0.3) is 21.3 Å². The third kappa shape index (κ3) is 3.94. The second-order valence-electron chi connectivity index (χ2n) is 7.73. The summed E-state index contributed by atoms with van der Waals surface area (Å²) in [7, 11) is 0. The molecule has 2 aromatic heterocycles. The number of aliphatic hydroxyl groups is 1. The number of allylic oxidation sites excluding steroid dienone is 1. The van der Waals surface area contributed by atoms with Crippen LogP contribution >= 0.6 is 22.9 Å². The van der Waals surface area contributed by atoms with Gasteiger partial charge < -0.3 is 16.6 Å². The van der Waals surface area contributed by atoms with E-state index in [1.54, 1.807) is 31.4 Å². The number of amidine groups is 1. The predicted octanol–water partition coefficient (Wildman–Crippen LogP) is 4.79. The van der Waals surface area contributed by atoms with Gasteiger partial charge in [-0.2, -0.15) is 0 Å². The Labute approximate surface area is 178 Å². The molecule has 0 spiro atoms. The van der Waals surface area contributed by atoms with Crippen molar-refractivity contribution in [1.29, 1.82) is 0 Å². The maximum atomic E-state index is 10.4. The maximum absolute atomic E-state index is 10.4. The molecule has 1 aliphatic rings. The second-order valence-corrected chi connectivity index (χ2v) is 9.27. The highest BCUT2D eigenvalue weighted by atomic mass is 35.5. The Morgan fingerprint density at radius 1 is 1.21 bits per heavy atom. The zero-order chi connectivity index (χ0) is 20.8. The van der Waals surface area contributed by atoms with Crippen LogP contribution in [-0.2, 0) is 5.60 Å². The van der Waals surface area contributed by atoms with E-state index >= 15 is 0 Å². The first-order valence-electron chi connectivity index (χ1n) is 9.43. The Morgan fingerprint density at radius 3 is 2.76 bits per heavy atom. The van der Waals surface area contributed by atoms with Gasteiger partial charge in [-0.15, -0.1) is 11.3 Å². The van der Waals surface area contributed by atoms with Gasteiger partial charge in [0.15, 0.2) is 0 Å². The first-order chi connectivity index (χ1) is 13.7. The summed E-state index contributed by atoms with van der Waals surface area (Å²) in [5.41, 5.74) is 14.8. The number of benzene rings is 1. The minimum absolute atomic E-state index is 0.428. The van der Waals surface area contributed by atoms with Crippen molar-refractivity contribution in [2.24, 2.45) is 16.5 Å². The maximum Gasteiger partial charge on any atom is 0.0997 e. The standard InChI is InChI=1S/C22H23ClN4OS/c1-22(2,28)13-8-9-26-16(11-13)14-5-3-4-12-10-17(29-21(12)14)19(25)20-15(23)6-7-18(24)27-20/h3-5,8-11,19,28H,6-7,25H2,1-2H3,(H2,24,27). The monoisotopic (exact) mass is 426 g/mol. The summed E-state index contributed by atoms with van der Waals surface area (Å²) in [6.07, 6.45) is 3.06. The van der Waals surface area contributed by atoms with Crippen LogP contribution in [0.3, 0.4) is 0 Å². The van der Waals surface area contributed by atoms with E-state index in [4.69, 9.17) is 23.1 Å². The first-order valence-corrected chi connectivity index (χ1v) is 10.6. The van der Waals surface area contributed by atoms with Crippen molar-refractivity contribution in [2.75, 3.05) is 0 Å². The van der Waals surface area contributed by atoms with E-state index in [1.165, 1.54) is 0 Å². The number of aromatic nitrogens is 1. The van der Waals surface area contributed by atoms with E-state index in [9.17, 15) is 5.11 Å². The molecular weight excluding hydrogens is 404 g/mol. The third-order valence-electron chi connectivity index (χ3n) is 5.05. The molecule has 0 radical (unpaired) electrons. The molecule has 0 aliphatic carbocycles. The fourth-order valence-corrected chi connectivity index (χ4v) is 4.85. The Balaban J connectivity index is 1.79. The highest BCUT2D eigenvalue weighted by molar-refractivity contribution is 7.19. The van der Waals surface area contributed by atoms with Gasteiger partial charge in [-0.05, 0) is 49.4 Å². The molecule has 0 bridgehead atoms. The van der Waals surface area contributed by atoms with Gasteiger partial charge in [0.05, 0.1) is 28.9 Å². The van der Waals surface area contributed by atoms with E-state index in [2.05, 4.69) is 22.1 Å². The molecule has 29 heavy (non-hydrogen) atoms. The lowest BCUT2D eigenvalue weighted by Crippen LogP contribution is -2.20. The number of nitrogens with two attached hydrogens (primary N) is 2. The summed E-state index contributed by atoms with van der Waals surface area (Å²) in [6.45, 7) is 3.53. The van der Waals surface area contributed by atoms with Crippen molar-refractivity contribution in [1.82, 2.24) is 4.98 Å². The van der Waals surface area contributed by atoms with Gasteiger partial charge in [0.25, 0.3) is 0 Å². The minimum atomic E-state index is -0.934. The van der Waals surface area contributed by atoms with Crippen molar-refractivity contribution in [3.8, 4) is 11.3 Å². The number of pyridine rings is 1. The molecule has 0 saturated heterocycles. The van der Waals surface area contributed by atoms with Crippen molar-refractivity contribution < 1.29 is 5.11 Å². The van der Waals surface area contributed by atoms with Crippen molar-refractivity contribution in [3.05, 3.63) is 63.8 Å². The van der Waals surface area contributed by atoms with Crippen molar-refractivity contribution in [3.63, 3.8) is 0 Å². The number of thiophene rings is 1. The molecule has 1 unspecified atom stereocenters. The molecule has 3 aromatic rings. The summed E-state index contributed by atoms with van der Waals surface area (Å²) >= 11 is 7.99. The van der Waals surface area contributed by atoms with Crippen LogP contribution in [0.5, 0.6) is 0 Å². The number of fused-ring (bicyclic) bond motifs is 1. The summed E-state index contributed by atoms with van der Waals surface area (Å²) in [4.78, 5) is 9.92. The summed E-state index contributed by atoms with van der Waals surface area (Å²) in [5.74, 6) is 0.564. The number of rotatable bonds is 4. The fraction of sp³-hybridized carbons (Fsp3) is 0.273. The zero-order valence-electron chi connectivity index (χ0n) is 16.3. The van der Waals surface area contributed by atoms with Gasteiger partial charge in [-0.25, -0.2) is 4.99 Å². The predicted molar refractivity (Wildman–Crippen MR) is 121 cm³/mol. The molecule has 7 heteroatoms.